The molecular formula is C22H31N5O. The van der Waals surface area contributed by atoms with Gasteiger partial charge in [-0.15, -0.1) is 0 Å². The van der Waals surface area contributed by atoms with Crippen molar-refractivity contribution >= 4 is 5.91 Å². The number of imidazole rings is 1. The zero-order chi connectivity index (χ0) is 19.5. The Morgan fingerprint density at radius 2 is 1.89 bits per heavy atom. The van der Waals surface area contributed by atoms with Crippen molar-refractivity contribution in [3.63, 3.8) is 0 Å². The maximum atomic E-state index is 12.8. The van der Waals surface area contributed by atoms with Crippen LogP contribution in [0, 0.1) is 0 Å². The highest BCUT2D eigenvalue weighted by Gasteiger charge is 2.25. The summed E-state index contributed by atoms with van der Waals surface area (Å²) in [5, 5.41) is 0. The molecule has 0 radical (unpaired) electrons. The number of piperazine rings is 1. The van der Waals surface area contributed by atoms with Gasteiger partial charge in [0.1, 0.15) is 5.82 Å². The number of fused-ring (bicyclic) bond motifs is 1. The number of rotatable bonds is 5. The summed E-state index contributed by atoms with van der Waals surface area (Å²) in [6.07, 6.45) is 2.39. The monoisotopic (exact) mass is 381 g/mol. The molecule has 0 spiro atoms. The van der Waals surface area contributed by atoms with Gasteiger partial charge in [0.15, 0.2) is 0 Å². The van der Waals surface area contributed by atoms with Crippen LogP contribution in [-0.4, -0.2) is 76.4 Å². The van der Waals surface area contributed by atoms with E-state index in [4.69, 9.17) is 4.98 Å². The van der Waals surface area contributed by atoms with Crippen LogP contribution in [0.3, 0.4) is 0 Å². The lowest BCUT2D eigenvalue weighted by molar-refractivity contribution is -0.132. The van der Waals surface area contributed by atoms with Crippen molar-refractivity contribution in [3.8, 4) is 11.4 Å². The van der Waals surface area contributed by atoms with Crippen molar-refractivity contribution in [2.75, 3.05) is 39.8 Å². The molecule has 6 heteroatoms. The first kappa shape index (κ1) is 19.2. The van der Waals surface area contributed by atoms with Gasteiger partial charge >= 0.3 is 0 Å². The van der Waals surface area contributed by atoms with Crippen molar-refractivity contribution in [2.45, 2.75) is 38.8 Å². The van der Waals surface area contributed by atoms with E-state index in [1.54, 1.807) is 0 Å². The fraction of sp³-hybridized carbons (Fsp3) is 0.545. The van der Waals surface area contributed by atoms with E-state index in [0.29, 0.717) is 19.0 Å². The molecule has 2 aliphatic rings. The average molecular weight is 382 g/mol. The first-order valence-corrected chi connectivity index (χ1v) is 10.4. The molecule has 150 valence electrons. The number of nitrogens with one attached hydrogen (secondary N) is 1. The molecule has 28 heavy (non-hydrogen) atoms. The van der Waals surface area contributed by atoms with Crippen LogP contribution in [0.4, 0.5) is 0 Å². The Kier molecular flexibility index (Phi) is 5.78. The summed E-state index contributed by atoms with van der Waals surface area (Å²) < 4.78 is 0. The van der Waals surface area contributed by atoms with Gasteiger partial charge in [0.2, 0.25) is 5.91 Å². The molecule has 1 aromatic carbocycles. The normalized spacial score (nSPS) is 19.4. The first-order chi connectivity index (χ1) is 13.6. The third kappa shape index (κ3) is 4.28. The lowest BCUT2D eigenvalue weighted by atomic mass is 10.1. The predicted octanol–water partition coefficient (Wildman–Crippen LogP) is 2.38. The molecule has 0 saturated carbocycles. The van der Waals surface area contributed by atoms with Crippen molar-refractivity contribution in [1.82, 2.24) is 24.7 Å². The molecule has 3 heterocycles. The minimum Gasteiger partial charge on any atom is -0.340 e. The molecule has 1 fully saturated rings. The second-order valence-electron chi connectivity index (χ2n) is 8.17. The van der Waals surface area contributed by atoms with Crippen LogP contribution in [0.1, 0.15) is 31.2 Å². The summed E-state index contributed by atoms with van der Waals surface area (Å²) in [5.74, 6) is 1.17. The minimum atomic E-state index is 0.266. The molecule has 1 saturated heterocycles. The molecule has 6 nitrogen and oxygen atoms in total. The van der Waals surface area contributed by atoms with Gasteiger partial charge in [-0.25, -0.2) is 4.98 Å². The van der Waals surface area contributed by atoms with Gasteiger partial charge in [0.25, 0.3) is 0 Å². The standard InChI is InChI=1S/C22H31N5O/c1-17(26-14-12-25(2)13-15-26)8-9-21(28)27-11-10-19-20(16-27)24-22(23-19)18-6-4-3-5-7-18/h3-7,17H,8-16H2,1-2H3,(H,23,24). The Labute approximate surface area is 167 Å². The highest BCUT2D eigenvalue weighted by molar-refractivity contribution is 5.76. The van der Waals surface area contributed by atoms with E-state index < -0.39 is 0 Å². The first-order valence-electron chi connectivity index (χ1n) is 10.4. The Hall–Kier alpha value is -2.18. The van der Waals surface area contributed by atoms with Crippen LogP contribution in [0.15, 0.2) is 30.3 Å². The lowest BCUT2D eigenvalue weighted by Gasteiger charge is -2.36. The van der Waals surface area contributed by atoms with Crippen LogP contribution < -0.4 is 0 Å². The van der Waals surface area contributed by atoms with Crippen LogP contribution in [-0.2, 0) is 17.8 Å². The molecule has 1 unspecified atom stereocenters. The van der Waals surface area contributed by atoms with Gasteiger partial charge in [-0.2, -0.15) is 0 Å². The predicted molar refractivity (Wildman–Crippen MR) is 111 cm³/mol. The topological polar surface area (TPSA) is 55.5 Å². The zero-order valence-electron chi connectivity index (χ0n) is 17.0. The van der Waals surface area contributed by atoms with Gasteiger partial charge in [0, 0.05) is 57.2 Å². The molecule has 0 bridgehead atoms. The molecule has 1 N–H and O–H groups in total. The van der Waals surface area contributed by atoms with E-state index in [1.807, 2.05) is 23.1 Å². The fourth-order valence-corrected chi connectivity index (χ4v) is 4.18. The molecule has 1 atom stereocenters. The van der Waals surface area contributed by atoms with Crippen LogP contribution >= 0.6 is 0 Å². The molecule has 2 aromatic rings. The van der Waals surface area contributed by atoms with Gasteiger partial charge in [-0.05, 0) is 20.4 Å². The summed E-state index contributed by atoms with van der Waals surface area (Å²) in [6.45, 7) is 8.14. The molecular weight excluding hydrogens is 350 g/mol. The molecule has 1 aromatic heterocycles. The fourth-order valence-electron chi connectivity index (χ4n) is 4.18. The number of aromatic nitrogens is 2. The summed E-state index contributed by atoms with van der Waals surface area (Å²) in [4.78, 5) is 27.9. The second kappa shape index (κ2) is 8.45. The highest BCUT2D eigenvalue weighted by atomic mass is 16.2. The van der Waals surface area contributed by atoms with Crippen molar-refractivity contribution in [1.29, 1.82) is 0 Å². The quantitative estimate of drug-likeness (QED) is 0.864. The number of carbonyl (C=O) groups excluding carboxylic acids is 1. The Morgan fingerprint density at radius 3 is 2.64 bits per heavy atom. The minimum absolute atomic E-state index is 0.266. The summed E-state index contributed by atoms with van der Waals surface area (Å²) >= 11 is 0. The van der Waals surface area contributed by atoms with E-state index in [1.165, 1.54) is 0 Å². The summed E-state index contributed by atoms with van der Waals surface area (Å²) in [5.41, 5.74) is 3.29. The summed E-state index contributed by atoms with van der Waals surface area (Å²) in [6, 6.07) is 10.6. The maximum absolute atomic E-state index is 12.8. The Balaban J connectivity index is 1.31. The number of hydrogen-bond acceptors (Lipinski definition) is 4. The van der Waals surface area contributed by atoms with Gasteiger partial charge in [-0.3, -0.25) is 9.69 Å². The zero-order valence-corrected chi connectivity index (χ0v) is 17.0. The number of amides is 1. The average Bonchev–Trinajstić information content (AvgIpc) is 3.16. The lowest BCUT2D eigenvalue weighted by Crippen LogP contribution is -2.48. The molecule has 4 rings (SSSR count). The van der Waals surface area contributed by atoms with Crippen LogP contribution in [0.5, 0.6) is 0 Å². The third-order valence-corrected chi connectivity index (χ3v) is 6.17. The van der Waals surface area contributed by atoms with E-state index >= 15 is 0 Å². The number of H-pyrrole nitrogens is 1. The largest absolute Gasteiger partial charge is 0.340 e. The van der Waals surface area contributed by atoms with Crippen molar-refractivity contribution < 1.29 is 4.79 Å². The van der Waals surface area contributed by atoms with Gasteiger partial charge in [0.05, 0.1) is 17.9 Å². The number of likely N-dealkylation sites (N-methyl/N-ethyl adjacent to an activating group) is 1. The van der Waals surface area contributed by atoms with Crippen molar-refractivity contribution in [3.05, 3.63) is 41.7 Å². The van der Waals surface area contributed by atoms with Crippen LogP contribution in [0.2, 0.25) is 0 Å². The Morgan fingerprint density at radius 1 is 1.14 bits per heavy atom. The van der Waals surface area contributed by atoms with Crippen LogP contribution in [0.25, 0.3) is 11.4 Å². The third-order valence-electron chi connectivity index (χ3n) is 6.17. The van der Waals surface area contributed by atoms with Crippen molar-refractivity contribution in [2.24, 2.45) is 0 Å². The SMILES string of the molecule is CC(CCC(=O)N1CCc2nc(-c3ccccc3)[nH]c2C1)N1CCN(C)CC1. The van der Waals surface area contributed by atoms with E-state index in [9.17, 15) is 4.79 Å². The second-order valence-corrected chi connectivity index (χ2v) is 8.17. The maximum Gasteiger partial charge on any atom is 0.222 e. The smallest absolute Gasteiger partial charge is 0.222 e. The number of benzene rings is 1. The molecule has 2 aliphatic heterocycles. The van der Waals surface area contributed by atoms with Gasteiger partial charge in [-0.1, -0.05) is 30.3 Å². The number of aromatic amines is 1. The number of hydrogen-bond donors (Lipinski definition) is 1. The summed E-state index contributed by atoms with van der Waals surface area (Å²) in [7, 11) is 2.18. The van der Waals surface area contributed by atoms with E-state index in [2.05, 4.69) is 40.9 Å². The van der Waals surface area contributed by atoms with Gasteiger partial charge < -0.3 is 14.8 Å². The molecule has 0 aliphatic carbocycles. The van der Waals surface area contributed by atoms with E-state index in [-0.39, 0.29) is 5.91 Å². The number of carbonyl (C=O) groups is 1. The Bertz CT molecular complexity index is 795. The van der Waals surface area contributed by atoms with E-state index in [0.717, 1.165) is 68.3 Å². The molecule has 1 amide bonds. The highest BCUT2D eigenvalue weighted by Crippen LogP contribution is 2.23. The number of nitrogens with zero attached hydrogens (tertiary/aromatic N) is 4.